The van der Waals surface area contributed by atoms with Gasteiger partial charge in [-0.15, -0.1) is 0 Å². The Hall–Kier alpha value is -1.21. The highest BCUT2D eigenvalue weighted by Gasteiger charge is 2.39. The van der Waals surface area contributed by atoms with Gasteiger partial charge in [-0.1, -0.05) is 6.07 Å². The van der Waals surface area contributed by atoms with Crippen molar-refractivity contribution in [1.82, 2.24) is 15.2 Å². The van der Waals surface area contributed by atoms with Crippen molar-refractivity contribution in [2.45, 2.75) is 25.0 Å². The topological polar surface area (TPSA) is 77.6 Å². The zero-order chi connectivity index (χ0) is 14.6. The van der Waals surface area contributed by atoms with E-state index in [1.165, 1.54) is 0 Å². The zero-order valence-electron chi connectivity index (χ0n) is 12.1. The predicted octanol–water partition coefficient (Wildman–Crippen LogP) is -0.454. The van der Waals surface area contributed by atoms with Gasteiger partial charge in [0.15, 0.2) is 0 Å². The third-order valence-electron chi connectivity index (χ3n) is 4.10. The Labute approximate surface area is 118 Å². The lowest BCUT2D eigenvalue weighted by molar-refractivity contribution is -0.106. The first kappa shape index (κ1) is 15.2. The van der Waals surface area contributed by atoms with E-state index in [9.17, 15) is 9.90 Å². The Morgan fingerprint density at radius 1 is 1.65 bits per heavy atom. The SMILES string of the molecule is C[C@@H]1COC[C@@](CO)(CNCc2ccc[nH]c2=O)N1C. The number of aromatic nitrogens is 1. The number of hydrogen-bond donors (Lipinski definition) is 3. The fourth-order valence-corrected chi connectivity index (χ4v) is 2.51. The van der Waals surface area contributed by atoms with Gasteiger partial charge in [0.05, 0.1) is 25.4 Å². The summed E-state index contributed by atoms with van der Waals surface area (Å²) < 4.78 is 5.58. The van der Waals surface area contributed by atoms with Crippen molar-refractivity contribution >= 4 is 0 Å². The van der Waals surface area contributed by atoms with E-state index in [-0.39, 0.29) is 18.2 Å². The number of rotatable bonds is 5. The van der Waals surface area contributed by atoms with Gasteiger partial charge in [0.2, 0.25) is 0 Å². The summed E-state index contributed by atoms with van der Waals surface area (Å²) in [5, 5.41) is 13.0. The largest absolute Gasteiger partial charge is 0.394 e. The second kappa shape index (κ2) is 6.49. The smallest absolute Gasteiger partial charge is 0.252 e. The maximum atomic E-state index is 11.6. The molecule has 0 aromatic carbocycles. The third-order valence-corrected chi connectivity index (χ3v) is 4.10. The van der Waals surface area contributed by atoms with Gasteiger partial charge >= 0.3 is 0 Å². The Bertz CT molecular complexity index is 491. The highest BCUT2D eigenvalue weighted by molar-refractivity contribution is 5.09. The monoisotopic (exact) mass is 281 g/mol. The molecule has 2 heterocycles. The Kier molecular flexibility index (Phi) is 4.93. The summed E-state index contributed by atoms with van der Waals surface area (Å²) in [7, 11) is 2.00. The van der Waals surface area contributed by atoms with Crippen molar-refractivity contribution in [3.8, 4) is 0 Å². The quantitative estimate of drug-likeness (QED) is 0.681. The van der Waals surface area contributed by atoms with E-state index in [0.29, 0.717) is 31.9 Å². The normalized spacial score (nSPS) is 27.6. The molecule has 112 valence electrons. The number of pyridine rings is 1. The maximum Gasteiger partial charge on any atom is 0.252 e. The lowest BCUT2D eigenvalue weighted by atomic mass is 9.96. The number of aromatic amines is 1. The molecule has 1 saturated heterocycles. The molecule has 20 heavy (non-hydrogen) atoms. The lowest BCUT2D eigenvalue weighted by Gasteiger charge is -2.47. The standard InChI is InChI=1S/C14H23N3O3/c1-11-7-20-10-14(9-18,17(11)2)8-15-6-12-4-3-5-16-13(12)19/h3-5,11,15,18H,6-10H2,1-2H3,(H,16,19)/t11-,14+/m1/s1. The molecule has 0 saturated carbocycles. The Morgan fingerprint density at radius 3 is 3.15 bits per heavy atom. The molecule has 0 aliphatic carbocycles. The van der Waals surface area contributed by atoms with Crippen LogP contribution in [0.5, 0.6) is 0 Å². The van der Waals surface area contributed by atoms with Crippen LogP contribution in [0.3, 0.4) is 0 Å². The summed E-state index contributed by atoms with van der Waals surface area (Å²) in [5.41, 5.74) is 0.173. The average molecular weight is 281 g/mol. The molecule has 2 atom stereocenters. The number of nitrogens with zero attached hydrogens (tertiary/aromatic N) is 1. The first-order chi connectivity index (χ1) is 9.59. The first-order valence-corrected chi connectivity index (χ1v) is 6.88. The molecule has 1 aromatic rings. The maximum absolute atomic E-state index is 11.6. The van der Waals surface area contributed by atoms with Crippen LogP contribution in [0.25, 0.3) is 0 Å². The van der Waals surface area contributed by atoms with Crippen LogP contribution in [0.4, 0.5) is 0 Å². The molecule has 0 spiro atoms. The van der Waals surface area contributed by atoms with Crippen LogP contribution in [-0.2, 0) is 11.3 Å². The van der Waals surface area contributed by atoms with Crippen LogP contribution in [0.1, 0.15) is 12.5 Å². The molecule has 1 aliphatic rings. The Morgan fingerprint density at radius 2 is 2.45 bits per heavy atom. The Balaban J connectivity index is 1.97. The number of morpholine rings is 1. The fraction of sp³-hybridized carbons (Fsp3) is 0.643. The van der Waals surface area contributed by atoms with E-state index in [2.05, 4.69) is 22.1 Å². The predicted molar refractivity (Wildman–Crippen MR) is 76.6 cm³/mol. The summed E-state index contributed by atoms with van der Waals surface area (Å²) in [4.78, 5) is 16.4. The van der Waals surface area contributed by atoms with Crippen molar-refractivity contribution < 1.29 is 9.84 Å². The number of hydrogen-bond acceptors (Lipinski definition) is 5. The number of aliphatic hydroxyl groups is 1. The highest BCUT2D eigenvalue weighted by atomic mass is 16.5. The van der Waals surface area contributed by atoms with Gasteiger partial charge in [0.1, 0.15) is 0 Å². The number of ether oxygens (including phenoxy) is 1. The molecule has 1 aromatic heterocycles. The molecule has 2 rings (SSSR count). The van der Waals surface area contributed by atoms with Crippen LogP contribution in [0, 0.1) is 0 Å². The van der Waals surface area contributed by atoms with Crippen LogP contribution in [0.15, 0.2) is 23.1 Å². The van der Waals surface area contributed by atoms with Crippen LogP contribution in [0.2, 0.25) is 0 Å². The number of nitrogens with one attached hydrogen (secondary N) is 2. The molecular weight excluding hydrogens is 258 g/mol. The molecule has 0 bridgehead atoms. The van der Waals surface area contributed by atoms with Crippen molar-refractivity contribution in [1.29, 1.82) is 0 Å². The van der Waals surface area contributed by atoms with E-state index < -0.39 is 5.54 Å². The fourth-order valence-electron chi connectivity index (χ4n) is 2.51. The molecule has 1 aliphatic heterocycles. The van der Waals surface area contributed by atoms with Gasteiger partial charge in [-0.2, -0.15) is 0 Å². The second-order valence-corrected chi connectivity index (χ2v) is 5.49. The van der Waals surface area contributed by atoms with Crippen LogP contribution in [-0.4, -0.2) is 60.0 Å². The summed E-state index contributed by atoms with van der Waals surface area (Å²) in [5.74, 6) is 0. The van der Waals surface area contributed by atoms with E-state index in [4.69, 9.17) is 4.74 Å². The van der Waals surface area contributed by atoms with E-state index in [1.807, 2.05) is 7.05 Å². The van der Waals surface area contributed by atoms with Crippen molar-refractivity contribution in [2.24, 2.45) is 0 Å². The van der Waals surface area contributed by atoms with Gasteiger partial charge < -0.3 is 20.1 Å². The van der Waals surface area contributed by atoms with E-state index in [0.717, 1.165) is 0 Å². The average Bonchev–Trinajstić information content (AvgIpc) is 2.46. The summed E-state index contributed by atoms with van der Waals surface area (Å²) in [6.07, 6.45) is 1.62. The van der Waals surface area contributed by atoms with Crippen molar-refractivity contribution in [2.75, 3.05) is 33.4 Å². The number of H-pyrrole nitrogens is 1. The van der Waals surface area contributed by atoms with Crippen molar-refractivity contribution in [3.63, 3.8) is 0 Å². The van der Waals surface area contributed by atoms with Gasteiger partial charge in [-0.3, -0.25) is 9.69 Å². The first-order valence-electron chi connectivity index (χ1n) is 6.88. The van der Waals surface area contributed by atoms with E-state index in [1.54, 1.807) is 18.3 Å². The molecule has 0 radical (unpaired) electrons. The number of aliphatic hydroxyl groups excluding tert-OH is 1. The van der Waals surface area contributed by atoms with E-state index >= 15 is 0 Å². The van der Waals surface area contributed by atoms with Crippen LogP contribution < -0.4 is 10.9 Å². The van der Waals surface area contributed by atoms with Gasteiger partial charge in [0, 0.05) is 30.9 Å². The summed E-state index contributed by atoms with van der Waals surface area (Å²) >= 11 is 0. The molecule has 0 unspecified atom stereocenters. The second-order valence-electron chi connectivity index (χ2n) is 5.49. The minimum Gasteiger partial charge on any atom is -0.394 e. The zero-order valence-corrected chi connectivity index (χ0v) is 12.1. The lowest BCUT2D eigenvalue weighted by Crippen LogP contribution is -2.65. The highest BCUT2D eigenvalue weighted by Crippen LogP contribution is 2.21. The van der Waals surface area contributed by atoms with Gasteiger partial charge in [-0.05, 0) is 20.0 Å². The molecular formula is C14H23N3O3. The minimum atomic E-state index is -0.431. The van der Waals surface area contributed by atoms with Gasteiger partial charge in [0.25, 0.3) is 5.56 Å². The molecule has 0 amide bonds. The summed E-state index contributed by atoms with van der Waals surface area (Å²) in [6.45, 7) is 4.30. The molecule has 1 fully saturated rings. The van der Waals surface area contributed by atoms with Crippen molar-refractivity contribution in [3.05, 3.63) is 34.2 Å². The van der Waals surface area contributed by atoms with Crippen LogP contribution >= 0.6 is 0 Å². The molecule has 3 N–H and O–H groups in total. The molecule has 6 heteroatoms. The third kappa shape index (κ3) is 3.09. The summed E-state index contributed by atoms with van der Waals surface area (Å²) in [6, 6.07) is 3.86. The molecule has 6 nitrogen and oxygen atoms in total. The van der Waals surface area contributed by atoms with Gasteiger partial charge in [-0.25, -0.2) is 0 Å². The number of likely N-dealkylation sites (N-methyl/N-ethyl adjacent to an activating group) is 1. The minimum absolute atomic E-state index is 0.0198.